The Morgan fingerprint density at radius 2 is 1.83 bits per heavy atom. The molecule has 0 bridgehead atoms. The molecule has 1 atom stereocenters. The van der Waals surface area contributed by atoms with Crippen LogP contribution in [0.1, 0.15) is 56.0 Å². The number of rotatable bonds is 7. The molecule has 1 amide bonds. The lowest BCUT2D eigenvalue weighted by molar-refractivity contribution is -0.122. The quantitative estimate of drug-likeness (QED) is 0.693. The maximum absolute atomic E-state index is 13.4. The van der Waals surface area contributed by atoms with Gasteiger partial charge in [0, 0.05) is 12.0 Å². The summed E-state index contributed by atoms with van der Waals surface area (Å²) in [6, 6.07) is 5.45. The molecule has 1 aliphatic carbocycles. The monoisotopic (exact) mass is 437 g/mol. The average molecular weight is 438 g/mol. The second-order valence-corrected chi connectivity index (χ2v) is 9.71. The van der Waals surface area contributed by atoms with Crippen molar-refractivity contribution in [3.63, 3.8) is 0 Å². The summed E-state index contributed by atoms with van der Waals surface area (Å²) >= 11 is 0. The number of aromatic nitrogens is 1. The number of nitrogens with one attached hydrogen (secondary N) is 2. The summed E-state index contributed by atoms with van der Waals surface area (Å²) in [5.41, 5.74) is 0.958. The molecule has 1 saturated carbocycles. The van der Waals surface area contributed by atoms with Crippen molar-refractivity contribution in [3.05, 3.63) is 47.1 Å². The summed E-state index contributed by atoms with van der Waals surface area (Å²) in [5, 5.41) is 6.56. The topological polar surface area (TPSA) is 101 Å². The van der Waals surface area contributed by atoms with E-state index >= 15 is 0 Å². The van der Waals surface area contributed by atoms with E-state index in [1.807, 2.05) is 0 Å². The zero-order valence-corrected chi connectivity index (χ0v) is 18.3. The Labute approximate surface area is 176 Å². The first-order valence-electron chi connectivity index (χ1n) is 10.1. The molecule has 164 valence electrons. The van der Waals surface area contributed by atoms with Crippen molar-refractivity contribution in [2.24, 2.45) is 0 Å². The predicted octanol–water partition coefficient (Wildman–Crippen LogP) is 3.12. The molecule has 0 aliphatic heterocycles. The van der Waals surface area contributed by atoms with E-state index in [-0.39, 0.29) is 27.6 Å². The summed E-state index contributed by atoms with van der Waals surface area (Å²) < 4.78 is 46.0. The zero-order valence-electron chi connectivity index (χ0n) is 17.5. The zero-order chi connectivity index (χ0) is 21.9. The van der Waals surface area contributed by atoms with Crippen LogP contribution in [0.4, 0.5) is 4.39 Å². The fraction of sp³-hybridized carbons (Fsp3) is 0.524. The van der Waals surface area contributed by atoms with E-state index in [4.69, 9.17) is 4.52 Å². The molecule has 1 aromatic carbocycles. The van der Waals surface area contributed by atoms with Crippen molar-refractivity contribution < 1.29 is 22.1 Å². The molecule has 0 saturated heterocycles. The molecule has 1 fully saturated rings. The lowest BCUT2D eigenvalue weighted by Gasteiger charge is -2.38. The highest BCUT2D eigenvalue weighted by atomic mass is 32.2. The van der Waals surface area contributed by atoms with Gasteiger partial charge in [-0.3, -0.25) is 4.79 Å². The number of carbonyl (C=O) groups is 1. The van der Waals surface area contributed by atoms with E-state index in [0.29, 0.717) is 6.54 Å². The summed E-state index contributed by atoms with van der Waals surface area (Å²) in [6.07, 6.45) is 4.96. The Kier molecular flexibility index (Phi) is 6.62. The molecule has 0 spiro atoms. The number of sulfonamides is 1. The number of halogens is 1. The van der Waals surface area contributed by atoms with Crippen molar-refractivity contribution in [1.82, 2.24) is 15.2 Å². The van der Waals surface area contributed by atoms with Gasteiger partial charge in [0.05, 0.1) is 6.04 Å². The molecule has 0 unspecified atom stereocenters. The SMILES string of the molecule is Cc1noc(C)c1S(=O)(=O)N[C@@H](C)C(=O)NCC1(c2ccc(F)cc2)CCCCC1. The van der Waals surface area contributed by atoms with Crippen LogP contribution in [0, 0.1) is 19.7 Å². The Hall–Kier alpha value is -2.26. The second kappa shape index (κ2) is 8.85. The molecule has 0 radical (unpaired) electrons. The fourth-order valence-corrected chi connectivity index (χ4v) is 5.74. The molecule has 1 aromatic heterocycles. The van der Waals surface area contributed by atoms with Crippen LogP contribution in [-0.2, 0) is 20.2 Å². The summed E-state index contributed by atoms with van der Waals surface area (Å²) in [5.74, 6) is -0.543. The van der Waals surface area contributed by atoms with Gasteiger partial charge in [-0.2, -0.15) is 4.72 Å². The van der Waals surface area contributed by atoms with Gasteiger partial charge in [-0.25, -0.2) is 12.8 Å². The highest BCUT2D eigenvalue weighted by Crippen LogP contribution is 2.39. The van der Waals surface area contributed by atoms with Crippen LogP contribution >= 0.6 is 0 Å². The molecular formula is C21H28FN3O4S. The van der Waals surface area contributed by atoms with Crippen LogP contribution in [0.25, 0.3) is 0 Å². The predicted molar refractivity (Wildman–Crippen MR) is 110 cm³/mol. The molecule has 30 heavy (non-hydrogen) atoms. The third-order valence-corrected chi connectivity index (χ3v) is 7.61. The van der Waals surface area contributed by atoms with Gasteiger partial charge in [-0.1, -0.05) is 36.6 Å². The second-order valence-electron chi connectivity index (χ2n) is 8.06. The van der Waals surface area contributed by atoms with Gasteiger partial charge < -0.3 is 9.84 Å². The average Bonchev–Trinajstić information content (AvgIpc) is 3.06. The van der Waals surface area contributed by atoms with Crippen LogP contribution in [0.15, 0.2) is 33.7 Å². The molecule has 1 heterocycles. The van der Waals surface area contributed by atoms with E-state index < -0.39 is 22.0 Å². The molecule has 9 heteroatoms. The Morgan fingerprint density at radius 3 is 2.40 bits per heavy atom. The number of benzene rings is 1. The van der Waals surface area contributed by atoms with Crippen molar-refractivity contribution in [2.45, 2.75) is 69.2 Å². The first-order valence-corrected chi connectivity index (χ1v) is 11.6. The van der Waals surface area contributed by atoms with Crippen LogP contribution in [-0.4, -0.2) is 32.1 Å². The van der Waals surface area contributed by atoms with Crippen molar-refractivity contribution >= 4 is 15.9 Å². The van der Waals surface area contributed by atoms with Crippen LogP contribution in [0.2, 0.25) is 0 Å². The number of hydrogen-bond donors (Lipinski definition) is 2. The Balaban J connectivity index is 1.70. The molecule has 2 N–H and O–H groups in total. The van der Waals surface area contributed by atoms with E-state index in [0.717, 1.165) is 37.7 Å². The van der Waals surface area contributed by atoms with Crippen molar-refractivity contribution in [1.29, 1.82) is 0 Å². The maximum atomic E-state index is 13.4. The summed E-state index contributed by atoms with van der Waals surface area (Å²) in [7, 11) is -3.95. The minimum atomic E-state index is -3.95. The van der Waals surface area contributed by atoms with Gasteiger partial charge >= 0.3 is 0 Å². The molecule has 7 nitrogen and oxygen atoms in total. The molecule has 1 aliphatic rings. The first kappa shape index (κ1) is 22.4. The van der Waals surface area contributed by atoms with E-state index in [2.05, 4.69) is 15.2 Å². The van der Waals surface area contributed by atoms with E-state index in [1.165, 1.54) is 32.9 Å². The van der Waals surface area contributed by atoms with Crippen LogP contribution in [0.5, 0.6) is 0 Å². The normalized spacial score (nSPS) is 17.5. The molecule has 2 aromatic rings. The first-order chi connectivity index (χ1) is 14.1. The van der Waals surface area contributed by atoms with Crippen LogP contribution < -0.4 is 10.0 Å². The van der Waals surface area contributed by atoms with Crippen LogP contribution in [0.3, 0.4) is 0 Å². The minimum absolute atomic E-state index is 0.0442. The highest BCUT2D eigenvalue weighted by molar-refractivity contribution is 7.89. The third-order valence-electron chi connectivity index (χ3n) is 5.83. The minimum Gasteiger partial charge on any atom is -0.360 e. The fourth-order valence-electron chi connectivity index (χ4n) is 4.21. The number of nitrogens with zero attached hydrogens (tertiary/aromatic N) is 1. The lowest BCUT2D eigenvalue weighted by Crippen LogP contribution is -2.49. The van der Waals surface area contributed by atoms with Gasteiger partial charge in [0.1, 0.15) is 16.4 Å². The smallest absolute Gasteiger partial charge is 0.246 e. The third kappa shape index (κ3) is 4.73. The highest BCUT2D eigenvalue weighted by Gasteiger charge is 2.35. The number of amides is 1. The Morgan fingerprint density at radius 1 is 1.20 bits per heavy atom. The Bertz CT molecular complexity index is 976. The largest absolute Gasteiger partial charge is 0.360 e. The summed E-state index contributed by atoms with van der Waals surface area (Å²) in [4.78, 5) is 12.6. The van der Waals surface area contributed by atoms with Gasteiger partial charge in [0.25, 0.3) is 0 Å². The van der Waals surface area contributed by atoms with Gasteiger partial charge in [-0.15, -0.1) is 0 Å². The maximum Gasteiger partial charge on any atom is 0.246 e. The lowest BCUT2D eigenvalue weighted by atomic mass is 9.69. The summed E-state index contributed by atoms with van der Waals surface area (Å²) in [6.45, 7) is 4.91. The van der Waals surface area contributed by atoms with Gasteiger partial charge in [0.2, 0.25) is 15.9 Å². The molecular weight excluding hydrogens is 409 g/mol. The van der Waals surface area contributed by atoms with Crippen molar-refractivity contribution in [2.75, 3.05) is 6.54 Å². The standard InChI is InChI=1S/C21H28FN3O4S/c1-14-19(16(3)29-24-14)30(27,28)25-15(2)20(26)23-13-21(11-5-4-6-12-21)17-7-9-18(22)10-8-17/h7-10,15,25H,4-6,11-13H2,1-3H3,(H,23,26)/t15-/m0/s1. The van der Waals surface area contributed by atoms with E-state index in [9.17, 15) is 17.6 Å². The number of hydrogen-bond acceptors (Lipinski definition) is 5. The van der Waals surface area contributed by atoms with Crippen molar-refractivity contribution in [3.8, 4) is 0 Å². The number of aryl methyl sites for hydroxylation is 2. The molecule has 3 rings (SSSR count). The van der Waals surface area contributed by atoms with Gasteiger partial charge in [-0.05, 0) is 51.3 Å². The number of carbonyl (C=O) groups excluding carboxylic acids is 1. The van der Waals surface area contributed by atoms with Gasteiger partial charge in [0.15, 0.2) is 5.76 Å². The van der Waals surface area contributed by atoms with E-state index in [1.54, 1.807) is 12.1 Å².